The van der Waals surface area contributed by atoms with Crippen LogP contribution in [0.3, 0.4) is 0 Å². The molecule has 1 aliphatic rings. The van der Waals surface area contributed by atoms with Gasteiger partial charge in [-0.1, -0.05) is 24.3 Å². The average Bonchev–Trinajstić information content (AvgIpc) is 2.97. The zero-order valence-electron chi connectivity index (χ0n) is 14.6. The number of imidazole rings is 1. The molecule has 3 aromatic rings. The van der Waals surface area contributed by atoms with Crippen LogP contribution >= 0.6 is 47.8 Å². The van der Waals surface area contributed by atoms with Gasteiger partial charge >= 0.3 is 10.8 Å². The molecule has 4 rings (SSSR count). The third kappa shape index (κ3) is 3.09. The van der Waals surface area contributed by atoms with E-state index < -0.39 is 28.5 Å². The summed E-state index contributed by atoms with van der Waals surface area (Å²) in [6.45, 7) is 1.27. The highest BCUT2D eigenvalue weighted by atomic mass is 79.9. The van der Waals surface area contributed by atoms with Gasteiger partial charge in [0.15, 0.2) is 0 Å². The SMILES string of the molecule is CC1(CC(F)(F)C(F)(F)Br)C(=O)n2c(nc3cc(Br)c(Br)cc32)-c2ccccc21. The van der Waals surface area contributed by atoms with Crippen molar-refractivity contribution >= 4 is 64.7 Å². The Bertz CT molecular complexity index is 1170. The van der Waals surface area contributed by atoms with Crippen molar-refractivity contribution in [1.29, 1.82) is 0 Å². The van der Waals surface area contributed by atoms with E-state index in [1.54, 1.807) is 46.3 Å². The lowest BCUT2D eigenvalue weighted by atomic mass is 9.72. The first-order chi connectivity index (χ1) is 13.4. The van der Waals surface area contributed by atoms with E-state index in [-0.39, 0.29) is 11.4 Å². The Morgan fingerprint density at radius 1 is 1.10 bits per heavy atom. The summed E-state index contributed by atoms with van der Waals surface area (Å²) in [4.78, 5) is 13.5. The lowest BCUT2D eigenvalue weighted by Crippen LogP contribution is -2.48. The van der Waals surface area contributed by atoms with Crippen LogP contribution in [0.1, 0.15) is 23.7 Å². The number of hydrogen-bond acceptors (Lipinski definition) is 2. The fourth-order valence-corrected chi connectivity index (χ4v) is 4.50. The molecule has 1 atom stereocenters. The van der Waals surface area contributed by atoms with Gasteiger partial charge in [-0.25, -0.2) is 4.98 Å². The largest absolute Gasteiger partial charge is 0.363 e. The molecule has 152 valence electrons. The minimum absolute atomic E-state index is 0.238. The molecule has 0 spiro atoms. The van der Waals surface area contributed by atoms with Crippen molar-refractivity contribution in [2.24, 2.45) is 0 Å². The lowest BCUT2D eigenvalue weighted by molar-refractivity contribution is -0.158. The summed E-state index contributed by atoms with van der Waals surface area (Å²) in [5, 5.41) is 0. The van der Waals surface area contributed by atoms with E-state index in [2.05, 4.69) is 36.8 Å². The zero-order valence-corrected chi connectivity index (χ0v) is 19.4. The Kier molecular flexibility index (Phi) is 4.79. The summed E-state index contributed by atoms with van der Waals surface area (Å²) in [6.07, 6.45) is -1.37. The third-order valence-corrected chi connectivity index (χ3v) is 7.55. The molecule has 29 heavy (non-hydrogen) atoms. The number of carbonyl (C=O) groups is 1. The zero-order chi connectivity index (χ0) is 21.4. The quantitative estimate of drug-likeness (QED) is 0.237. The lowest BCUT2D eigenvalue weighted by Gasteiger charge is -2.38. The standard InChI is InChI=1S/C19H11Br3F4N2O/c1-17(8-18(23,24)19(22,25)26)10-5-3-2-4-9(10)15-27-13-6-11(20)12(21)7-14(13)28(15)16(17)29/h2-7H,8H2,1H3. The number of fused-ring (bicyclic) bond motifs is 5. The van der Waals surface area contributed by atoms with Crippen LogP contribution in [0.2, 0.25) is 0 Å². The normalized spacial score (nSPS) is 19.4. The van der Waals surface area contributed by atoms with Crippen LogP contribution < -0.4 is 0 Å². The number of benzene rings is 2. The van der Waals surface area contributed by atoms with E-state index in [9.17, 15) is 22.4 Å². The molecule has 0 saturated carbocycles. The molecule has 1 unspecified atom stereocenters. The van der Waals surface area contributed by atoms with Crippen LogP contribution in [-0.4, -0.2) is 26.2 Å². The first-order valence-corrected chi connectivity index (χ1v) is 10.7. The Morgan fingerprint density at radius 3 is 2.38 bits per heavy atom. The van der Waals surface area contributed by atoms with E-state index in [0.29, 0.717) is 25.5 Å². The number of halogens is 7. The van der Waals surface area contributed by atoms with Gasteiger partial charge in [0.1, 0.15) is 5.82 Å². The molecular weight excluding hydrogens is 588 g/mol. The Morgan fingerprint density at radius 2 is 1.72 bits per heavy atom. The van der Waals surface area contributed by atoms with Crippen LogP contribution in [0.5, 0.6) is 0 Å². The van der Waals surface area contributed by atoms with Crippen LogP contribution in [0, 0.1) is 0 Å². The smallest absolute Gasteiger partial charge is 0.273 e. The van der Waals surface area contributed by atoms with Gasteiger partial charge in [0, 0.05) is 20.9 Å². The maximum atomic E-state index is 14.4. The molecule has 0 bridgehead atoms. The summed E-state index contributed by atoms with van der Waals surface area (Å²) in [6, 6.07) is 9.75. The van der Waals surface area contributed by atoms with Crippen molar-refractivity contribution in [2.75, 3.05) is 0 Å². The van der Waals surface area contributed by atoms with Gasteiger partial charge in [-0.2, -0.15) is 17.6 Å². The number of nitrogens with zero attached hydrogens (tertiary/aromatic N) is 2. The highest BCUT2D eigenvalue weighted by molar-refractivity contribution is 9.13. The maximum Gasteiger partial charge on any atom is 0.363 e. The average molecular weight is 599 g/mol. The van der Waals surface area contributed by atoms with Gasteiger partial charge in [0.2, 0.25) is 5.91 Å². The first-order valence-electron chi connectivity index (χ1n) is 8.33. The predicted molar refractivity (Wildman–Crippen MR) is 112 cm³/mol. The Balaban J connectivity index is 2.01. The van der Waals surface area contributed by atoms with Crippen LogP contribution in [0.15, 0.2) is 45.3 Å². The summed E-state index contributed by atoms with van der Waals surface area (Å²) in [5.41, 5.74) is -0.332. The summed E-state index contributed by atoms with van der Waals surface area (Å²) in [5.74, 6) is -4.90. The maximum absolute atomic E-state index is 14.4. The fraction of sp³-hybridized carbons (Fsp3) is 0.263. The van der Waals surface area contributed by atoms with Gasteiger partial charge < -0.3 is 0 Å². The van der Waals surface area contributed by atoms with Gasteiger partial charge in [-0.15, -0.1) is 0 Å². The van der Waals surface area contributed by atoms with E-state index in [1.165, 1.54) is 17.6 Å². The second-order valence-corrected chi connectivity index (χ2v) is 9.79. The second kappa shape index (κ2) is 6.62. The minimum Gasteiger partial charge on any atom is -0.273 e. The fourth-order valence-electron chi connectivity index (χ4n) is 3.70. The topological polar surface area (TPSA) is 34.9 Å². The van der Waals surface area contributed by atoms with Crippen molar-refractivity contribution in [3.63, 3.8) is 0 Å². The first kappa shape index (κ1) is 21.0. The Hall–Kier alpha value is -1.26. The molecule has 3 nitrogen and oxygen atoms in total. The molecule has 10 heteroatoms. The van der Waals surface area contributed by atoms with Crippen LogP contribution in [-0.2, 0) is 5.41 Å². The number of carbonyl (C=O) groups excluding carboxylic acids is 1. The molecule has 0 radical (unpaired) electrons. The van der Waals surface area contributed by atoms with E-state index in [1.807, 2.05) is 0 Å². The molecule has 1 aliphatic heterocycles. The molecule has 0 N–H and O–H groups in total. The summed E-state index contributed by atoms with van der Waals surface area (Å²) < 4.78 is 58.4. The van der Waals surface area contributed by atoms with Gasteiger partial charge in [-0.3, -0.25) is 9.36 Å². The van der Waals surface area contributed by atoms with Crippen LogP contribution in [0.4, 0.5) is 17.6 Å². The van der Waals surface area contributed by atoms with Crippen molar-refractivity contribution in [2.45, 2.75) is 29.5 Å². The van der Waals surface area contributed by atoms with Gasteiger partial charge in [-0.05, 0) is 72.4 Å². The van der Waals surface area contributed by atoms with Gasteiger partial charge in [0.05, 0.1) is 16.4 Å². The molecule has 1 aromatic heterocycles. The second-order valence-electron chi connectivity index (χ2n) is 7.09. The minimum atomic E-state index is -4.46. The molecule has 2 heterocycles. The van der Waals surface area contributed by atoms with Gasteiger partial charge in [0.25, 0.3) is 0 Å². The summed E-state index contributed by atoms with van der Waals surface area (Å²) >= 11 is 8.50. The number of rotatable bonds is 3. The molecule has 0 fully saturated rings. The monoisotopic (exact) mass is 596 g/mol. The van der Waals surface area contributed by atoms with Crippen LogP contribution in [0.25, 0.3) is 22.4 Å². The van der Waals surface area contributed by atoms with Crippen molar-refractivity contribution in [3.8, 4) is 11.4 Å². The number of alkyl halides is 5. The molecule has 0 saturated heterocycles. The highest BCUT2D eigenvalue weighted by Gasteiger charge is 2.60. The third-order valence-electron chi connectivity index (χ3n) is 5.12. The number of aromatic nitrogens is 2. The van der Waals surface area contributed by atoms with Crippen molar-refractivity contribution in [1.82, 2.24) is 9.55 Å². The number of hydrogen-bond donors (Lipinski definition) is 0. The predicted octanol–water partition coefficient (Wildman–Crippen LogP) is 7.15. The molecule has 2 aromatic carbocycles. The van der Waals surface area contributed by atoms with E-state index in [4.69, 9.17) is 0 Å². The Labute approximate surface area is 187 Å². The molecular formula is C19H11Br3F4N2O. The highest BCUT2D eigenvalue weighted by Crippen LogP contribution is 2.51. The summed E-state index contributed by atoms with van der Waals surface area (Å²) in [7, 11) is 0. The van der Waals surface area contributed by atoms with Crippen molar-refractivity contribution in [3.05, 3.63) is 50.9 Å². The van der Waals surface area contributed by atoms with Crippen molar-refractivity contribution < 1.29 is 22.4 Å². The van der Waals surface area contributed by atoms with E-state index in [0.717, 1.165) is 0 Å². The molecule has 0 aliphatic carbocycles. The molecule has 0 amide bonds. The van der Waals surface area contributed by atoms with E-state index >= 15 is 0 Å².